The third-order valence-corrected chi connectivity index (χ3v) is 5.31. The highest BCUT2D eigenvalue weighted by Gasteiger charge is 2.28. The van der Waals surface area contributed by atoms with E-state index in [9.17, 15) is 14.4 Å². The fraction of sp³-hybridized carbons (Fsp3) is 0.389. The lowest BCUT2D eigenvalue weighted by molar-refractivity contribution is -0.118. The Labute approximate surface area is 154 Å². The van der Waals surface area contributed by atoms with Crippen LogP contribution < -0.4 is 15.5 Å². The number of carbonyl (C=O) groups is 2. The van der Waals surface area contributed by atoms with Crippen LogP contribution in [0.15, 0.2) is 17.1 Å². The maximum Gasteiger partial charge on any atom is 0.341 e. The van der Waals surface area contributed by atoms with Gasteiger partial charge in [-0.25, -0.2) is 4.79 Å². The number of pyridine rings is 1. The molecule has 2 aromatic rings. The van der Waals surface area contributed by atoms with Crippen LogP contribution >= 0.6 is 11.3 Å². The van der Waals surface area contributed by atoms with Crippen LogP contribution in [0.2, 0.25) is 0 Å². The Kier molecular flexibility index (Phi) is 5.41. The second kappa shape index (κ2) is 7.74. The summed E-state index contributed by atoms with van der Waals surface area (Å²) < 4.78 is 10.5. The molecule has 0 aromatic carbocycles. The maximum absolute atomic E-state index is 12.3. The molecule has 0 atom stereocenters. The number of anilines is 1. The van der Waals surface area contributed by atoms with Gasteiger partial charge in [0, 0.05) is 17.1 Å². The highest BCUT2D eigenvalue weighted by atomic mass is 32.1. The molecule has 0 saturated carbocycles. The van der Waals surface area contributed by atoms with E-state index >= 15 is 0 Å². The van der Waals surface area contributed by atoms with Crippen LogP contribution in [-0.4, -0.2) is 30.1 Å². The summed E-state index contributed by atoms with van der Waals surface area (Å²) in [5.41, 5.74) is 1.68. The average Bonchev–Trinajstić information content (AvgIpc) is 3.15. The number of ether oxygens (including phenoxy) is 2. The number of hydrogen-bond donors (Lipinski definition) is 2. The van der Waals surface area contributed by atoms with Gasteiger partial charge in [-0.2, -0.15) is 0 Å². The zero-order chi connectivity index (χ0) is 18.7. The molecule has 2 aromatic heterocycles. The van der Waals surface area contributed by atoms with E-state index in [2.05, 4.69) is 10.3 Å². The van der Waals surface area contributed by atoms with Crippen LogP contribution in [-0.2, 0) is 22.4 Å². The van der Waals surface area contributed by atoms with Crippen molar-refractivity contribution in [3.63, 3.8) is 0 Å². The molecule has 7 nitrogen and oxygen atoms in total. The van der Waals surface area contributed by atoms with E-state index in [0.29, 0.717) is 16.3 Å². The number of nitrogens with one attached hydrogen (secondary N) is 2. The fourth-order valence-corrected chi connectivity index (χ4v) is 4.25. The molecule has 2 heterocycles. The quantitative estimate of drug-likeness (QED) is 0.755. The van der Waals surface area contributed by atoms with Gasteiger partial charge in [0.05, 0.1) is 17.9 Å². The summed E-state index contributed by atoms with van der Waals surface area (Å²) in [4.78, 5) is 40.3. The van der Waals surface area contributed by atoms with E-state index in [0.717, 1.165) is 29.7 Å². The summed E-state index contributed by atoms with van der Waals surface area (Å²) in [7, 11) is 0. The van der Waals surface area contributed by atoms with Crippen molar-refractivity contribution in [1.82, 2.24) is 4.98 Å². The van der Waals surface area contributed by atoms with Crippen molar-refractivity contribution in [1.29, 1.82) is 0 Å². The fourth-order valence-electron chi connectivity index (χ4n) is 2.96. The highest BCUT2D eigenvalue weighted by Crippen LogP contribution is 2.39. The number of hydrogen-bond acceptors (Lipinski definition) is 6. The Bertz CT molecular complexity index is 899. The maximum atomic E-state index is 12.3. The molecule has 0 aliphatic heterocycles. The van der Waals surface area contributed by atoms with Crippen molar-refractivity contribution >= 4 is 28.2 Å². The van der Waals surface area contributed by atoms with Crippen molar-refractivity contribution in [2.45, 2.75) is 33.1 Å². The lowest BCUT2D eigenvalue weighted by atomic mass is 10.1. The Hall–Kier alpha value is -2.61. The first-order valence-corrected chi connectivity index (χ1v) is 9.25. The second-order valence-electron chi connectivity index (χ2n) is 5.91. The van der Waals surface area contributed by atoms with Gasteiger partial charge in [-0.3, -0.25) is 9.59 Å². The van der Waals surface area contributed by atoms with Gasteiger partial charge in [0.25, 0.3) is 5.91 Å². The minimum Gasteiger partial charge on any atom is -0.478 e. The van der Waals surface area contributed by atoms with Gasteiger partial charge in [-0.1, -0.05) is 0 Å². The number of amides is 1. The molecule has 26 heavy (non-hydrogen) atoms. The normalized spacial score (nSPS) is 12.5. The number of aromatic nitrogens is 1. The molecular weight excluding hydrogens is 356 g/mol. The van der Waals surface area contributed by atoms with Crippen LogP contribution in [0, 0.1) is 6.92 Å². The van der Waals surface area contributed by atoms with Gasteiger partial charge in [0.15, 0.2) is 12.4 Å². The lowest BCUT2D eigenvalue weighted by Gasteiger charge is -2.10. The summed E-state index contributed by atoms with van der Waals surface area (Å²) in [6.07, 6.45) is 4.23. The van der Waals surface area contributed by atoms with Crippen LogP contribution in [0.4, 0.5) is 5.00 Å². The van der Waals surface area contributed by atoms with E-state index in [1.165, 1.54) is 23.6 Å². The predicted molar refractivity (Wildman–Crippen MR) is 98.2 cm³/mol. The number of thiophene rings is 1. The molecule has 0 fully saturated rings. The molecule has 0 saturated heterocycles. The molecule has 0 unspecified atom stereocenters. The SMILES string of the molecule is CCOC(=O)c1c(NC(=O)COc2c(C)[nH]ccc2=O)sc2c1CCC2. The van der Waals surface area contributed by atoms with E-state index in [1.807, 2.05) is 0 Å². The molecule has 0 radical (unpaired) electrons. The van der Waals surface area contributed by atoms with Gasteiger partial charge < -0.3 is 19.8 Å². The second-order valence-corrected chi connectivity index (χ2v) is 7.02. The van der Waals surface area contributed by atoms with Crippen molar-refractivity contribution in [3.8, 4) is 5.75 Å². The van der Waals surface area contributed by atoms with Crippen molar-refractivity contribution in [2.75, 3.05) is 18.5 Å². The molecule has 8 heteroatoms. The summed E-state index contributed by atoms with van der Waals surface area (Å²) in [5.74, 6) is -0.737. The number of carbonyl (C=O) groups excluding carboxylic acids is 2. The number of esters is 1. The van der Waals surface area contributed by atoms with Crippen molar-refractivity contribution in [2.24, 2.45) is 0 Å². The lowest BCUT2D eigenvalue weighted by Crippen LogP contribution is -2.23. The van der Waals surface area contributed by atoms with Gasteiger partial charge in [-0.05, 0) is 38.7 Å². The first-order chi connectivity index (χ1) is 12.5. The van der Waals surface area contributed by atoms with E-state index < -0.39 is 11.9 Å². The van der Waals surface area contributed by atoms with E-state index in [-0.39, 0.29) is 24.4 Å². The average molecular weight is 376 g/mol. The minimum absolute atomic E-state index is 0.113. The Balaban J connectivity index is 1.74. The molecule has 3 rings (SSSR count). The van der Waals surface area contributed by atoms with Gasteiger partial charge in [0.2, 0.25) is 5.43 Å². The monoisotopic (exact) mass is 376 g/mol. The standard InChI is InChI=1S/C18H20N2O5S/c1-3-24-18(23)15-11-5-4-6-13(11)26-17(15)20-14(22)9-25-16-10(2)19-8-7-12(16)21/h7-8H,3-6,9H2,1-2H3,(H,19,21)(H,20,22). The summed E-state index contributed by atoms with van der Waals surface area (Å²) in [6, 6.07) is 1.34. The topological polar surface area (TPSA) is 97.5 Å². The third-order valence-electron chi connectivity index (χ3n) is 4.10. The number of H-pyrrole nitrogens is 1. The van der Waals surface area contributed by atoms with Gasteiger partial charge >= 0.3 is 5.97 Å². The Morgan fingerprint density at radius 1 is 1.35 bits per heavy atom. The first-order valence-electron chi connectivity index (χ1n) is 8.43. The smallest absolute Gasteiger partial charge is 0.341 e. The molecular formula is C18H20N2O5S. The third kappa shape index (κ3) is 3.65. The number of aryl methyl sites for hydroxylation is 2. The highest BCUT2D eigenvalue weighted by molar-refractivity contribution is 7.17. The van der Waals surface area contributed by atoms with Gasteiger partial charge in [0.1, 0.15) is 5.00 Å². The molecule has 1 amide bonds. The molecule has 1 aliphatic rings. The summed E-state index contributed by atoms with van der Waals surface area (Å²) >= 11 is 1.40. The van der Waals surface area contributed by atoms with Crippen LogP contribution in [0.3, 0.4) is 0 Å². The number of fused-ring (bicyclic) bond motifs is 1. The zero-order valence-corrected chi connectivity index (χ0v) is 15.5. The largest absolute Gasteiger partial charge is 0.478 e. The van der Waals surface area contributed by atoms with Crippen LogP contribution in [0.5, 0.6) is 5.75 Å². The zero-order valence-electron chi connectivity index (χ0n) is 14.6. The number of aromatic amines is 1. The van der Waals surface area contributed by atoms with E-state index in [1.54, 1.807) is 13.8 Å². The van der Waals surface area contributed by atoms with Crippen molar-refractivity contribution in [3.05, 3.63) is 44.2 Å². The predicted octanol–water partition coefficient (Wildman–Crippen LogP) is 2.43. The number of rotatable bonds is 6. The first kappa shape index (κ1) is 18.2. The van der Waals surface area contributed by atoms with Crippen LogP contribution in [0.1, 0.15) is 39.8 Å². The molecule has 1 aliphatic carbocycles. The molecule has 0 bridgehead atoms. The van der Waals surface area contributed by atoms with E-state index in [4.69, 9.17) is 9.47 Å². The van der Waals surface area contributed by atoms with Gasteiger partial charge in [-0.15, -0.1) is 11.3 Å². The molecule has 2 N–H and O–H groups in total. The molecule has 138 valence electrons. The Morgan fingerprint density at radius 3 is 2.88 bits per heavy atom. The minimum atomic E-state index is -0.432. The summed E-state index contributed by atoms with van der Waals surface area (Å²) in [6.45, 7) is 3.39. The summed E-state index contributed by atoms with van der Waals surface area (Å²) in [5, 5.41) is 3.22. The Morgan fingerprint density at radius 2 is 2.15 bits per heavy atom. The van der Waals surface area contributed by atoms with Crippen LogP contribution in [0.25, 0.3) is 0 Å². The molecule has 0 spiro atoms. The van der Waals surface area contributed by atoms with Crippen molar-refractivity contribution < 1.29 is 19.1 Å².